The van der Waals surface area contributed by atoms with Gasteiger partial charge >= 0.3 is 5.97 Å². The summed E-state index contributed by atoms with van der Waals surface area (Å²) in [6.07, 6.45) is 0. The molecule has 0 aliphatic carbocycles. The second-order valence-corrected chi connectivity index (χ2v) is 3.40. The molecule has 1 amide bonds. The van der Waals surface area contributed by atoms with Gasteiger partial charge in [-0.1, -0.05) is 0 Å². The summed E-state index contributed by atoms with van der Waals surface area (Å²) < 4.78 is 5.14. The summed E-state index contributed by atoms with van der Waals surface area (Å²) in [5.74, 6) is -0.966. The number of likely N-dealkylation sites (N-methyl/N-ethyl adjacent to an activating group) is 1. The van der Waals surface area contributed by atoms with Gasteiger partial charge < -0.3 is 20.2 Å². The molecule has 0 saturated carbocycles. The summed E-state index contributed by atoms with van der Waals surface area (Å²) in [6.45, 7) is 1.62. The highest BCUT2D eigenvalue weighted by Gasteiger charge is 2.24. The van der Waals surface area contributed by atoms with Gasteiger partial charge in [0.2, 0.25) is 0 Å². The fraction of sp³-hybridized carbons (Fsp3) is 0.400. The maximum Gasteiger partial charge on any atom is 0.326 e. The van der Waals surface area contributed by atoms with Gasteiger partial charge in [0.1, 0.15) is 11.8 Å². The molecule has 88 valence electrons. The predicted molar refractivity (Wildman–Crippen MR) is 55.8 cm³/mol. The first-order valence-electron chi connectivity index (χ1n) is 4.76. The predicted octanol–water partition coefficient (Wildman–Crippen LogP) is 0.283. The number of hydrogen-bond acceptors (Lipinski definition) is 4. The molecule has 1 aromatic rings. The van der Waals surface area contributed by atoms with Gasteiger partial charge in [0.25, 0.3) is 5.91 Å². The monoisotopic (exact) mass is 226 g/mol. The molecule has 1 heterocycles. The first-order valence-corrected chi connectivity index (χ1v) is 4.76. The van der Waals surface area contributed by atoms with Gasteiger partial charge in [-0.2, -0.15) is 0 Å². The number of amides is 1. The SMILES string of the molecule is CC(C(=O)O)N(C)C(=O)c1ccc(CN)o1. The quantitative estimate of drug-likeness (QED) is 0.768. The number of carbonyl (C=O) groups excluding carboxylic acids is 1. The first kappa shape index (κ1) is 12.3. The van der Waals surface area contributed by atoms with E-state index in [1.165, 1.54) is 20.0 Å². The largest absolute Gasteiger partial charge is 0.480 e. The van der Waals surface area contributed by atoms with Crippen LogP contribution in [0.3, 0.4) is 0 Å². The van der Waals surface area contributed by atoms with Gasteiger partial charge in [0.15, 0.2) is 5.76 Å². The molecule has 0 aliphatic rings. The van der Waals surface area contributed by atoms with Crippen LogP contribution in [0.1, 0.15) is 23.2 Å². The van der Waals surface area contributed by atoms with E-state index in [1.54, 1.807) is 6.07 Å². The fourth-order valence-corrected chi connectivity index (χ4v) is 1.12. The molecule has 0 bridgehead atoms. The molecule has 3 N–H and O–H groups in total. The average Bonchev–Trinajstić information content (AvgIpc) is 2.74. The number of hydrogen-bond donors (Lipinski definition) is 2. The Morgan fingerprint density at radius 1 is 1.56 bits per heavy atom. The van der Waals surface area contributed by atoms with Crippen LogP contribution in [-0.2, 0) is 11.3 Å². The van der Waals surface area contributed by atoms with Crippen molar-refractivity contribution >= 4 is 11.9 Å². The molecule has 1 aromatic heterocycles. The minimum Gasteiger partial charge on any atom is -0.480 e. The Labute approximate surface area is 92.6 Å². The molecule has 6 heteroatoms. The number of carboxylic acid groups (broad SMARTS) is 1. The number of nitrogens with two attached hydrogens (primary N) is 1. The van der Waals surface area contributed by atoms with Gasteiger partial charge in [0, 0.05) is 7.05 Å². The molecule has 0 aromatic carbocycles. The smallest absolute Gasteiger partial charge is 0.326 e. The normalized spacial score (nSPS) is 12.2. The number of carboxylic acids is 1. The number of carbonyl (C=O) groups is 2. The molecule has 0 radical (unpaired) electrons. The number of aliphatic carboxylic acids is 1. The highest BCUT2D eigenvalue weighted by molar-refractivity contribution is 5.94. The van der Waals surface area contributed by atoms with Crippen LogP contribution in [0.25, 0.3) is 0 Å². The van der Waals surface area contributed by atoms with Crippen molar-refractivity contribution in [2.75, 3.05) is 7.05 Å². The second-order valence-electron chi connectivity index (χ2n) is 3.40. The van der Waals surface area contributed by atoms with E-state index in [2.05, 4.69) is 0 Å². The lowest BCUT2D eigenvalue weighted by Gasteiger charge is -2.19. The fourth-order valence-electron chi connectivity index (χ4n) is 1.12. The van der Waals surface area contributed by atoms with Gasteiger partial charge in [-0.25, -0.2) is 4.79 Å². The van der Waals surface area contributed by atoms with E-state index in [1.807, 2.05) is 0 Å². The van der Waals surface area contributed by atoms with Crippen molar-refractivity contribution in [1.82, 2.24) is 4.90 Å². The van der Waals surface area contributed by atoms with Gasteiger partial charge in [-0.15, -0.1) is 0 Å². The number of rotatable bonds is 4. The third-order valence-electron chi connectivity index (χ3n) is 2.33. The molecule has 0 fully saturated rings. The number of nitrogens with zero attached hydrogens (tertiary/aromatic N) is 1. The summed E-state index contributed by atoms with van der Waals surface area (Å²) >= 11 is 0. The van der Waals surface area contributed by atoms with Crippen molar-refractivity contribution in [3.63, 3.8) is 0 Å². The average molecular weight is 226 g/mol. The lowest BCUT2D eigenvalue weighted by Crippen LogP contribution is -2.40. The third kappa shape index (κ3) is 2.40. The van der Waals surface area contributed by atoms with Crippen LogP contribution < -0.4 is 5.73 Å². The van der Waals surface area contributed by atoms with Crippen LogP contribution in [0.5, 0.6) is 0 Å². The Morgan fingerprint density at radius 2 is 2.19 bits per heavy atom. The van der Waals surface area contributed by atoms with E-state index < -0.39 is 17.9 Å². The zero-order chi connectivity index (χ0) is 12.3. The van der Waals surface area contributed by atoms with Crippen molar-refractivity contribution in [1.29, 1.82) is 0 Å². The summed E-state index contributed by atoms with van der Waals surface area (Å²) in [7, 11) is 1.41. The molecular formula is C10H14N2O4. The summed E-state index contributed by atoms with van der Waals surface area (Å²) in [5.41, 5.74) is 5.33. The maximum atomic E-state index is 11.7. The molecule has 16 heavy (non-hydrogen) atoms. The molecular weight excluding hydrogens is 212 g/mol. The molecule has 1 unspecified atom stereocenters. The van der Waals surface area contributed by atoms with E-state index in [4.69, 9.17) is 15.3 Å². The Hall–Kier alpha value is -1.82. The van der Waals surface area contributed by atoms with Crippen LogP contribution >= 0.6 is 0 Å². The lowest BCUT2D eigenvalue weighted by atomic mass is 10.3. The van der Waals surface area contributed by atoms with Crippen LogP contribution in [0.4, 0.5) is 0 Å². The van der Waals surface area contributed by atoms with E-state index in [0.29, 0.717) is 5.76 Å². The van der Waals surface area contributed by atoms with Crippen LogP contribution in [0.2, 0.25) is 0 Å². The standard InChI is InChI=1S/C10H14N2O4/c1-6(10(14)15)12(2)9(13)8-4-3-7(5-11)16-8/h3-4,6H,5,11H2,1-2H3,(H,14,15). The van der Waals surface area contributed by atoms with E-state index in [0.717, 1.165) is 4.90 Å². The summed E-state index contributed by atoms with van der Waals surface area (Å²) in [6, 6.07) is 2.17. The highest BCUT2D eigenvalue weighted by atomic mass is 16.4. The third-order valence-corrected chi connectivity index (χ3v) is 2.33. The summed E-state index contributed by atoms with van der Waals surface area (Å²) in [4.78, 5) is 23.5. The van der Waals surface area contributed by atoms with E-state index >= 15 is 0 Å². The Morgan fingerprint density at radius 3 is 2.62 bits per heavy atom. The van der Waals surface area contributed by atoms with Crippen molar-refractivity contribution in [3.05, 3.63) is 23.7 Å². The Balaban J connectivity index is 2.81. The zero-order valence-corrected chi connectivity index (χ0v) is 9.14. The highest BCUT2D eigenvalue weighted by Crippen LogP contribution is 2.11. The molecule has 1 rings (SSSR count). The van der Waals surface area contributed by atoms with Crippen molar-refractivity contribution < 1.29 is 19.1 Å². The van der Waals surface area contributed by atoms with Gasteiger partial charge in [-0.3, -0.25) is 4.79 Å². The maximum absolute atomic E-state index is 11.7. The Bertz CT molecular complexity index is 399. The Kier molecular flexibility index (Phi) is 3.68. The topological polar surface area (TPSA) is 96.8 Å². The van der Waals surface area contributed by atoms with E-state index in [-0.39, 0.29) is 12.3 Å². The van der Waals surface area contributed by atoms with E-state index in [9.17, 15) is 9.59 Å². The zero-order valence-electron chi connectivity index (χ0n) is 9.14. The van der Waals surface area contributed by atoms with Crippen molar-refractivity contribution in [2.24, 2.45) is 5.73 Å². The molecule has 0 spiro atoms. The van der Waals surface area contributed by atoms with Gasteiger partial charge in [0.05, 0.1) is 6.54 Å². The lowest BCUT2D eigenvalue weighted by molar-refractivity contribution is -0.141. The van der Waals surface area contributed by atoms with Crippen molar-refractivity contribution in [2.45, 2.75) is 19.5 Å². The minimum atomic E-state index is -1.07. The molecule has 0 saturated heterocycles. The first-order chi connectivity index (χ1) is 7.47. The van der Waals surface area contributed by atoms with Crippen LogP contribution in [-0.4, -0.2) is 35.0 Å². The molecule has 0 aliphatic heterocycles. The second kappa shape index (κ2) is 4.80. The van der Waals surface area contributed by atoms with Gasteiger partial charge in [-0.05, 0) is 19.1 Å². The number of furan rings is 1. The minimum absolute atomic E-state index is 0.0936. The van der Waals surface area contributed by atoms with Crippen molar-refractivity contribution in [3.8, 4) is 0 Å². The summed E-state index contributed by atoms with van der Waals surface area (Å²) in [5, 5.41) is 8.76. The molecule has 1 atom stereocenters. The molecule has 6 nitrogen and oxygen atoms in total. The van der Waals surface area contributed by atoms with Crippen LogP contribution in [0, 0.1) is 0 Å². The van der Waals surface area contributed by atoms with Crippen LogP contribution in [0.15, 0.2) is 16.5 Å².